The number of amides is 1. The highest BCUT2D eigenvalue weighted by Gasteiger charge is 2.31. The second-order valence-corrected chi connectivity index (χ2v) is 7.63. The van der Waals surface area contributed by atoms with Crippen LogP contribution in [0.1, 0.15) is 48.1 Å². The Hall–Kier alpha value is -3.20. The second kappa shape index (κ2) is 10.2. The number of ether oxygens (including phenoxy) is 1. The fourth-order valence-electron chi connectivity index (χ4n) is 3.77. The van der Waals surface area contributed by atoms with E-state index in [0.29, 0.717) is 36.3 Å². The normalized spacial score (nSPS) is 12.7. The molecular weight excluding hydrogens is 435 g/mol. The van der Waals surface area contributed by atoms with E-state index in [-0.39, 0.29) is 17.7 Å². The molecule has 3 aromatic rings. The zero-order valence-electron chi connectivity index (χ0n) is 18.7. The lowest BCUT2D eigenvalue weighted by atomic mass is 10.1. The molecule has 0 bridgehead atoms. The van der Waals surface area contributed by atoms with Gasteiger partial charge in [0.1, 0.15) is 5.82 Å². The number of benzene rings is 2. The first-order valence-corrected chi connectivity index (χ1v) is 10.7. The lowest BCUT2D eigenvalue weighted by molar-refractivity contribution is -0.137. The molecule has 0 spiro atoms. The van der Waals surface area contributed by atoms with Gasteiger partial charge in [-0.1, -0.05) is 12.1 Å². The molecule has 0 N–H and O–H groups in total. The van der Waals surface area contributed by atoms with Crippen molar-refractivity contribution in [2.24, 2.45) is 0 Å². The Labute approximate surface area is 189 Å². The zero-order valence-corrected chi connectivity index (χ0v) is 18.7. The smallest absolute Gasteiger partial charge is 0.385 e. The zero-order chi connectivity index (χ0) is 24.2. The van der Waals surface area contributed by atoms with Gasteiger partial charge in [-0.2, -0.15) is 13.2 Å². The molecule has 6 nitrogen and oxygen atoms in total. The summed E-state index contributed by atoms with van der Waals surface area (Å²) in [5.74, 6) is -0.0312. The molecule has 176 valence electrons. The number of rotatable bonds is 8. The van der Waals surface area contributed by atoms with Gasteiger partial charge < -0.3 is 9.64 Å². The summed E-state index contributed by atoms with van der Waals surface area (Å²) in [7, 11) is 1.55. The number of hydrogen-bond acceptors (Lipinski definition) is 4. The summed E-state index contributed by atoms with van der Waals surface area (Å²) in [5, 5.41) is 0.482. The van der Waals surface area contributed by atoms with E-state index in [2.05, 4.69) is 4.98 Å². The lowest BCUT2D eigenvalue weighted by Crippen LogP contribution is -2.38. The number of aromatic nitrogens is 2. The van der Waals surface area contributed by atoms with Gasteiger partial charge in [0, 0.05) is 32.4 Å². The van der Waals surface area contributed by atoms with Crippen LogP contribution in [0.15, 0.2) is 53.3 Å². The molecule has 0 fully saturated rings. The monoisotopic (exact) mass is 461 g/mol. The molecule has 0 radical (unpaired) electrons. The number of alkyl halides is 3. The van der Waals surface area contributed by atoms with Crippen LogP contribution in [0.5, 0.6) is 0 Å². The third kappa shape index (κ3) is 5.24. The molecule has 0 aliphatic heterocycles. The van der Waals surface area contributed by atoms with Crippen LogP contribution in [0.25, 0.3) is 10.9 Å². The van der Waals surface area contributed by atoms with Crippen molar-refractivity contribution in [1.29, 1.82) is 0 Å². The number of carbonyl (C=O) groups excluding carboxylic acids is 1. The van der Waals surface area contributed by atoms with Crippen molar-refractivity contribution in [3.05, 3.63) is 75.8 Å². The molecule has 0 saturated heterocycles. The highest BCUT2D eigenvalue weighted by atomic mass is 19.4. The molecule has 3 rings (SSSR count). The van der Waals surface area contributed by atoms with Crippen molar-refractivity contribution < 1.29 is 22.7 Å². The molecule has 9 heteroatoms. The molecule has 0 aliphatic rings. The van der Waals surface area contributed by atoms with E-state index in [9.17, 15) is 22.8 Å². The van der Waals surface area contributed by atoms with E-state index in [1.54, 1.807) is 38.3 Å². The first-order valence-electron chi connectivity index (χ1n) is 10.7. The van der Waals surface area contributed by atoms with E-state index < -0.39 is 23.7 Å². The SMILES string of the molecule is CCn1c(C(C)N(CCCOC)C(=O)c2ccc(C(F)(F)F)cc2)nc2ccccc2c1=O. The van der Waals surface area contributed by atoms with E-state index >= 15 is 0 Å². The van der Waals surface area contributed by atoms with Crippen LogP contribution in [0.3, 0.4) is 0 Å². The van der Waals surface area contributed by atoms with Gasteiger partial charge in [-0.15, -0.1) is 0 Å². The lowest BCUT2D eigenvalue weighted by Gasteiger charge is -2.30. The predicted octanol–water partition coefficient (Wildman–Crippen LogP) is 4.68. The Bertz CT molecular complexity index is 1170. The highest BCUT2D eigenvalue weighted by Crippen LogP contribution is 2.30. The van der Waals surface area contributed by atoms with Crippen LogP contribution in [0.2, 0.25) is 0 Å². The van der Waals surface area contributed by atoms with Gasteiger partial charge in [0.15, 0.2) is 0 Å². The van der Waals surface area contributed by atoms with Crippen LogP contribution in [-0.2, 0) is 17.5 Å². The summed E-state index contributed by atoms with van der Waals surface area (Å²) < 4.78 is 45.4. The quantitative estimate of drug-likeness (QED) is 0.457. The fraction of sp³-hybridized carbons (Fsp3) is 0.375. The molecule has 0 aliphatic carbocycles. The van der Waals surface area contributed by atoms with Crippen LogP contribution < -0.4 is 5.56 Å². The summed E-state index contributed by atoms with van der Waals surface area (Å²) in [5.41, 5.74) is -0.385. The predicted molar refractivity (Wildman–Crippen MR) is 119 cm³/mol. The van der Waals surface area contributed by atoms with Crippen molar-refractivity contribution in [2.45, 2.75) is 39.0 Å². The van der Waals surface area contributed by atoms with Crippen LogP contribution >= 0.6 is 0 Å². The highest BCUT2D eigenvalue weighted by molar-refractivity contribution is 5.94. The topological polar surface area (TPSA) is 64.4 Å². The molecule has 33 heavy (non-hydrogen) atoms. The molecular formula is C24H26F3N3O3. The number of para-hydroxylation sites is 1. The van der Waals surface area contributed by atoms with Crippen molar-refractivity contribution in [3.63, 3.8) is 0 Å². The number of carbonyl (C=O) groups is 1. The minimum absolute atomic E-state index is 0.124. The first-order chi connectivity index (χ1) is 15.7. The molecule has 1 amide bonds. The molecule has 2 aromatic carbocycles. The van der Waals surface area contributed by atoms with Gasteiger partial charge >= 0.3 is 6.18 Å². The minimum atomic E-state index is -4.49. The number of nitrogens with zero attached hydrogens (tertiary/aromatic N) is 3. The molecule has 1 aromatic heterocycles. The number of halogens is 3. The van der Waals surface area contributed by atoms with Crippen molar-refractivity contribution >= 4 is 16.8 Å². The third-order valence-electron chi connectivity index (χ3n) is 5.52. The van der Waals surface area contributed by atoms with E-state index in [0.717, 1.165) is 12.1 Å². The van der Waals surface area contributed by atoms with Crippen molar-refractivity contribution in [2.75, 3.05) is 20.3 Å². The summed E-state index contributed by atoms with van der Waals surface area (Å²) >= 11 is 0. The number of fused-ring (bicyclic) bond motifs is 1. The van der Waals surface area contributed by atoms with Gasteiger partial charge in [0.05, 0.1) is 22.5 Å². The van der Waals surface area contributed by atoms with Gasteiger partial charge in [0.25, 0.3) is 11.5 Å². The summed E-state index contributed by atoms with van der Waals surface area (Å²) in [6, 6.07) is 10.5. The van der Waals surface area contributed by atoms with Crippen LogP contribution in [0, 0.1) is 0 Å². The van der Waals surface area contributed by atoms with E-state index in [1.165, 1.54) is 21.6 Å². The fourth-order valence-corrected chi connectivity index (χ4v) is 3.77. The maximum atomic E-state index is 13.4. The maximum absolute atomic E-state index is 13.4. The molecule has 1 heterocycles. The molecule has 0 saturated carbocycles. The summed E-state index contributed by atoms with van der Waals surface area (Å²) in [4.78, 5) is 32.6. The average Bonchev–Trinajstić information content (AvgIpc) is 2.80. The largest absolute Gasteiger partial charge is 0.416 e. The Balaban J connectivity index is 2.03. The van der Waals surface area contributed by atoms with Gasteiger partial charge in [-0.05, 0) is 56.7 Å². The molecule has 1 unspecified atom stereocenters. The van der Waals surface area contributed by atoms with Gasteiger partial charge in [0.2, 0.25) is 0 Å². The van der Waals surface area contributed by atoms with E-state index in [1.807, 2.05) is 6.92 Å². The number of hydrogen-bond donors (Lipinski definition) is 0. The Morgan fingerprint density at radius 1 is 1.15 bits per heavy atom. The Morgan fingerprint density at radius 3 is 2.42 bits per heavy atom. The maximum Gasteiger partial charge on any atom is 0.416 e. The van der Waals surface area contributed by atoms with Crippen LogP contribution in [0.4, 0.5) is 13.2 Å². The minimum Gasteiger partial charge on any atom is -0.385 e. The molecule has 1 atom stereocenters. The Kier molecular flexibility index (Phi) is 7.53. The van der Waals surface area contributed by atoms with Crippen molar-refractivity contribution in [1.82, 2.24) is 14.5 Å². The standard InChI is InChI=1S/C24H26F3N3O3/c1-4-29-21(28-20-9-6-5-8-19(20)23(29)32)16(2)30(14-7-15-33-3)22(31)17-10-12-18(13-11-17)24(25,26)27/h5-6,8-13,16H,4,7,14-15H2,1-3H3. The average molecular weight is 461 g/mol. The third-order valence-corrected chi connectivity index (χ3v) is 5.52. The van der Waals surface area contributed by atoms with Gasteiger partial charge in [-0.3, -0.25) is 14.2 Å². The summed E-state index contributed by atoms with van der Waals surface area (Å²) in [6.07, 6.45) is -3.98. The Morgan fingerprint density at radius 2 is 1.82 bits per heavy atom. The van der Waals surface area contributed by atoms with Crippen molar-refractivity contribution in [3.8, 4) is 0 Å². The van der Waals surface area contributed by atoms with Gasteiger partial charge in [-0.25, -0.2) is 4.98 Å². The van der Waals surface area contributed by atoms with E-state index in [4.69, 9.17) is 4.74 Å². The van der Waals surface area contributed by atoms with Crippen LogP contribution in [-0.4, -0.2) is 40.6 Å². The second-order valence-electron chi connectivity index (χ2n) is 7.63. The summed E-state index contributed by atoms with van der Waals surface area (Å²) in [6.45, 7) is 4.62. The number of methoxy groups -OCH3 is 1. The first kappa shape index (κ1) is 24.4.